The van der Waals surface area contributed by atoms with Crippen LogP contribution in [0.5, 0.6) is 0 Å². The van der Waals surface area contributed by atoms with Crippen LogP contribution in [-0.2, 0) is 17.7 Å². The molecule has 1 aromatic heterocycles. The molecule has 0 aliphatic rings. The fourth-order valence-corrected chi connectivity index (χ4v) is 1.51. The van der Waals surface area contributed by atoms with E-state index in [4.69, 9.17) is 5.73 Å². The molecule has 0 saturated carbocycles. The molecule has 0 atom stereocenters. The molecule has 0 aliphatic carbocycles. The number of carbonyl (C=O) groups excluding carboxylic acids is 1. The number of esters is 1. The highest BCUT2D eigenvalue weighted by atomic mass is 16.5. The molecule has 0 amide bonds. The van der Waals surface area contributed by atoms with Gasteiger partial charge in [0.25, 0.3) is 0 Å². The third-order valence-electron chi connectivity index (χ3n) is 2.27. The quantitative estimate of drug-likeness (QED) is 0.760. The van der Waals surface area contributed by atoms with Gasteiger partial charge >= 0.3 is 5.97 Å². The number of methoxy groups -OCH3 is 1. The molecule has 0 fully saturated rings. The molecule has 0 radical (unpaired) electrons. The standard InChI is InChI=1S/C10H17N3O2/c1-4-6-7-8(10(14)15-3)12-13(5-2)9(7)11/h4-6,11H2,1-3H3. The molecule has 1 rings (SSSR count). The molecular formula is C10H17N3O2. The van der Waals surface area contributed by atoms with Crippen molar-refractivity contribution in [1.29, 1.82) is 0 Å². The summed E-state index contributed by atoms with van der Waals surface area (Å²) in [4.78, 5) is 11.4. The molecule has 0 spiro atoms. The van der Waals surface area contributed by atoms with Gasteiger partial charge in [0.2, 0.25) is 0 Å². The minimum atomic E-state index is -0.419. The van der Waals surface area contributed by atoms with E-state index in [-0.39, 0.29) is 0 Å². The summed E-state index contributed by atoms with van der Waals surface area (Å²) in [6.07, 6.45) is 1.67. The number of carbonyl (C=O) groups is 1. The Hall–Kier alpha value is -1.52. The summed E-state index contributed by atoms with van der Waals surface area (Å²) in [6.45, 7) is 4.61. The van der Waals surface area contributed by atoms with Gasteiger partial charge in [0.15, 0.2) is 5.69 Å². The van der Waals surface area contributed by atoms with Gasteiger partial charge in [-0.25, -0.2) is 9.48 Å². The molecule has 84 valence electrons. The number of ether oxygens (including phenoxy) is 1. The van der Waals surface area contributed by atoms with Crippen LogP contribution in [0, 0.1) is 0 Å². The fraction of sp³-hybridized carbons (Fsp3) is 0.600. The van der Waals surface area contributed by atoms with Crippen LogP contribution in [0.3, 0.4) is 0 Å². The van der Waals surface area contributed by atoms with E-state index in [9.17, 15) is 4.79 Å². The minimum Gasteiger partial charge on any atom is -0.464 e. The highest BCUT2D eigenvalue weighted by molar-refractivity contribution is 5.90. The Bertz CT molecular complexity index is 358. The van der Waals surface area contributed by atoms with E-state index in [1.807, 2.05) is 13.8 Å². The third-order valence-corrected chi connectivity index (χ3v) is 2.27. The average Bonchev–Trinajstić information content (AvgIpc) is 2.56. The summed E-state index contributed by atoms with van der Waals surface area (Å²) in [6, 6.07) is 0. The van der Waals surface area contributed by atoms with Crippen LogP contribution < -0.4 is 5.73 Å². The van der Waals surface area contributed by atoms with Gasteiger partial charge in [-0.1, -0.05) is 13.3 Å². The maximum atomic E-state index is 11.4. The van der Waals surface area contributed by atoms with Crippen molar-refractivity contribution >= 4 is 11.8 Å². The second-order valence-electron chi connectivity index (χ2n) is 3.27. The number of hydrogen-bond acceptors (Lipinski definition) is 4. The van der Waals surface area contributed by atoms with E-state index in [0.717, 1.165) is 18.4 Å². The van der Waals surface area contributed by atoms with Crippen molar-refractivity contribution < 1.29 is 9.53 Å². The number of aryl methyl sites for hydroxylation is 1. The molecule has 0 unspecified atom stereocenters. The second kappa shape index (κ2) is 4.82. The van der Waals surface area contributed by atoms with Crippen molar-refractivity contribution in [2.45, 2.75) is 33.2 Å². The highest BCUT2D eigenvalue weighted by Crippen LogP contribution is 2.19. The zero-order chi connectivity index (χ0) is 11.4. The third kappa shape index (κ3) is 2.11. The summed E-state index contributed by atoms with van der Waals surface area (Å²) < 4.78 is 6.29. The van der Waals surface area contributed by atoms with Crippen LogP contribution in [-0.4, -0.2) is 22.9 Å². The van der Waals surface area contributed by atoms with Gasteiger partial charge in [0, 0.05) is 12.1 Å². The van der Waals surface area contributed by atoms with E-state index < -0.39 is 5.97 Å². The smallest absolute Gasteiger partial charge is 0.358 e. The number of nitrogens with zero attached hydrogens (tertiary/aromatic N) is 2. The molecule has 5 nitrogen and oxygen atoms in total. The zero-order valence-electron chi connectivity index (χ0n) is 9.41. The highest BCUT2D eigenvalue weighted by Gasteiger charge is 2.20. The predicted molar refractivity (Wildman–Crippen MR) is 57.6 cm³/mol. The number of nitrogen functional groups attached to an aromatic ring is 1. The predicted octanol–water partition coefficient (Wildman–Crippen LogP) is 1.22. The van der Waals surface area contributed by atoms with Crippen molar-refractivity contribution in [3.8, 4) is 0 Å². The number of nitrogens with two attached hydrogens (primary N) is 1. The van der Waals surface area contributed by atoms with Crippen LogP contribution in [0.4, 0.5) is 5.82 Å². The SMILES string of the molecule is CCCc1c(C(=O)OC)nn(CC)c1N. The van der Waals surface area contributed by atoms with Crippen LogP contribution in [0.25, 0.3) is 0 Å². The molecular weight excluding hydrogens is 194 g/mol. The first kappa shape index (κ1) is 11.6. The number of hydrogen-bond donors (Lipinski definition) is 1. The number of aromatic nitrogens is 2. The Kier molecular flexibility index (Phi) is 3.71. The number of rotatable bonds is 4. The van der Waals surface area contributed by atoms with E-state index in [0.29, 0.717) is 18.1 Å². The monoisotopic (exact) mass is 211 g/mol. The fourth-order valence-electron chi connectivity index (χ4n) is 1.51. The van der Waals surface area contributed by atoms with Gasteiger partial charge in [0.1, 0.15) is 5.82 Å². The summed E-state index contributed by atoms with van der Waals surface area (Å²) >= 11 is 0. The minimum absolute atomic E-state index is 0.346. The lowest BCUT2D eigenvalue weighted by atomic mass is 10.1. The lowest BCUT2D eigenvalue weighted by Gasteiger charge is -2.00. The van der Waals surface area contributed by atoms with Gasteiger partial charge in [0.05, 0.1) is 7.11 Å². The van der Waals surface area contributed by atoms with E-state index >= 15 is 0 Å². The van der Waals surface area contributed by atoms with Gasteiger partial charge in [-0.15, -0.1) is 0 Å². The maximum absolute atomic E-state index is 11.4. The normalized spacial score (nSPS) is 10.3. The first-order valence-corrected chi connectivity index (χ1v) is 5.09. The lowest BCUT2D eigenvalue weighted by molar-refractivity contribution is 0.0592. The van der Waals surface area contributed by atoms with Gasteiger partial charge in [-0.05, 0) is 13.3 Å². The van der Waals surface area contributed by atoms with Crippen LogP contribution in [0.2, 0.25) is 0 Å². The Balaban J connectivity index is 3.18. The molecule has 0 aliphatic heterocycles. The Labute approximate surface area is 89.2 Å². The second-order valence-corrected chi connectivity index (χ2v) is 3.27. The molecule has 0 bridgehead atoms. The van der Waals surface area contributed by atoms with Crippen LogP contribution in [0.15, 0.2) is 0 Å². The lowest BCUT2D eigenvalue weighted by Crippen LogP contribution is -2.06. The molecule has 15 heavy (non-hydrogen) atoms. The van der Waals surface area contributed by atoms with Gasteiger partial charge < -0.3 is 10.5 Å². The average molecular weight is 211 g/mol. The number of anilines is 1. The van der Waals surface area contributed by atoms with Crippen LogP contribution >= 0.6 is 0 Å². The van der Waals surface area contributed by atoms with E-state index in [2.05, 4.69) is 9.84 Å². The molecule has 0 aromatic carbocycles. The van der Waals surface area contributed by atoms with E-state index in [1.165, 1.54) is 7.11 Å². The summed E-state index contributed by atoms with van der Waals surface area (Å²) in [5, 5.41) is 4.13. The van der Waals surface area contributed by atoms with Crippen molar-refractivity contribution in [2.75, 3.05) is 12.8 Å². The molecule has 5 heteroatoms. The van der Waals surface area contributed by atoms with Gasteiger partial charge in [-0.2, -0.15) is 5.10 Å². The van der Waals surface area contributed by atoms with Crippen molar-refractivity contribution in [3.63, 3.8) is 0 Å². The summed E-state index contributed by atoms with van der Waals surface area (Å²) in [5.41, 5.74) is 7.03. The molecule has 0 saturated heterocycles. The Morgan fingerprint density at radius 3 is 2.67 bits per heavy atom. The first-order chi connectivity index (χ1) is 7.15. The topological polar surface area (TPSA) is 70.1 Å². The van der Waals surface area contributed by atoms with E-state index in [1.54, 1.807) is 4.68 Å². The van der Waals surface area contributed by atoms with Crippen LogP contribution in [0.1, 0.15) is 36.3 Å². The van der Waals surface area contributed by atoms with Crippen molar-refractivity contribution in [1.82, 2.24) is 9.78 Å². The maximum Gasteiger partial charge on any atom is 0.358 e. The molecule has 2 N–H and O–H groups in total. The Morgan fingerprint density at radius 1 is 1.53 bits per heavy atom. The first-order valence-electron chi connectivity index (χ1n) is 5.09. The van der Waals surface area contributed by atoms with Crippen molar-refractivity contribution in [2.24, 2.45) is 0 Å². The summed E-state index contributed by atoms with van der Waals surface area (Å²) in [5.74, 6) is 0.150. The molecule has 1 aromatic rings. The largest absolute Gasteiger partial charge is 0.464 e. The van der Waals surface area contributed by atoms with Crippen molar-refractivity contribution in [3.05, 3.63) is 11.3 Å². The molecule has 1 heterocycles. The Morgan fingerprint density at radius 2 is 2.20 bits per heavy atom. The summed E-state index contributed by atoms with van der Waals surface area (Å²) in [7, 11) is 1.35. The zero-order valence-corrected chi connectivity index (χ0v) is 9.41. The van der Waals surface area contributed by atoms with Gasteiger partial charge in [-0.3, -0.25) is 0 Å².